The zero-order valence-electron chi connectivity index (χ0n) is 7.92. The first-order valence-electron chi connectivity index (χ1n) is 4.06. The first-order chi connectivity index (χ1) is 5.06. The van der Waals surface area contributed by atoms with Crippen LogP contribution in [0.1, 0.15) is 13.3 Å². The fourth-order valence-electron chi connectivity index (χ4n) is 0.503. The van der Waals surface area contributed by atoms with Gasteiger partial charge in [0.05, 0.1) is 6.26 Å². The Morgan fingerprint density at radius 2 is 1.82 bits per heavy atom. The van der Waals surface area contributed by atoms with Crippen molar-refractivity contribution in [2.24, 2.45) is 0 Å². The fourth-order valence-corrected chi connectivity index (χ4v) is 0.990. The van der Waals surface area contributed by atoms with E-state index in [2.05, 4.69) is 32.6 Å². The third kappa shape index (κ3) is 9.50. The summed E-state index contributed by atoms with van der Waals surface area (Å²) in [6.07, 6.45) is 8.93. The molecule has 0 aliphatic rings. The van der Waals surface area contributed by atoms with E-state index in [1.807, 2.05) is 12.2 Å². The number of hydrogen-bond donors (Lipinski definition) is 0. The van der Waals surface area contributed by atoms with Crippen LogP contribution in [0.3, 0.4) is 0 Å². The highest BCUT2D eigenvalue weighted by molar-refractivity contribution is 6.69. The van der Waals surface area contributed by atoms with Gasteiger partial charge in [-0.2, -0.15) is 0 Å². The van der Waals surface area contributed by atoms with Crippen molar-refractivity contribution in [2.45, 2.75) is 33.0 Å². The van der Waals surface area contributed by atoms with Crippen LogP contribution in [0.4, 0.5) is 0 Å². The van der Waals surface area contributed by atoms with Crippen LogP contribution in [0.5, 0.6) is 0 Å². The molecule has 0 saturated heterocycles. The van der Waals surface area contributed by atoms with E-state index in [9.17, 15) is 0 Å². The van der Waals surface area contributed by atoms with E-state index in [-0.39, 0.29) is 0 Å². The topological polar surface area (TPSA) is 9.23 Å². The van der Waals surface area contributed by atoms with E-state index < -0.39 is 8.32 Å². The summed E-state index contributed by atoms with van der Waals surface area (Å²) in [5, 5.41) is 0. The Bertz CT molecular complexity index is 142. The quantitative estimate of drug-likeness (QED) is 0.357. The van der Waals surface area contributed by atoms with E-state index in [1.54, 1.807) is 6.26 Å². The van der Waals surface area contributed by atoms with Crippen LogP contribution in [-0.2, 0) is 4.43 Å². The van der Waals surface area contributed by atoms with E-state index in [0.717, 1.165) is 6.42 Å². The molecule has 0 amide bonds. The van der Waals surface area contributed by atoms with Crippen LogP contribution in [0.2, 0.25) is 19.6 Å². The summed E-state index contributed by atoms with van der Waals surface area (Å²) in [6, 6.07) is 0. The van der Waals surface area contributed by atoms with Crippen molar-refractivity contribution >= 4 is 8.32 Å². The molecule has 0 heterocycles. The molecule has 64 valence electrons. The van der Waals surface area contributed by atoms with Crippen molar-refractivity contribution in [3.8, 4) is 0 Å². The summed E-state index contributed by atoms with van der Waals surface area (Å²) < 4.78 is 5.48. The van der Waals surface area contributed by atoms with Gasteiger partial charge in [-0.15, -0.1) is 0 Å². The molecule has 0 radical (unpaired) electrons. The van der Waals surface area contributed by atoms with Gasteiger partial charge >= 0.3 is 0 Å². The fraction of sp³-hybridized carbons (Fsp3) is 0.556. The average Bonchev–Trinajstić information content (AvgIpc) is 1.85. The van der Waals surface area contributed by atoms with Gasteiger partial charge in [0, 0.05) is 0 Å². The molecular formula is C9H18OSi. The lowest BCUT2D eigenvalue weighted by atomic mass is 10.4. The minimum Gasteiger partial charge on any atom is -0.550 e. The number of rotatable bonds is 4. The van der Waals surface area contributed by atoms with Gasteiger partial charge in [-0.1, -0.05) is 19.1 Å². The Labute approximate surface area is 70.9 Å². The second-order valence-electron chi connectivity index (χ2n) is 3.40. The molecule has 0 aromatic heterocycles. The SMILES string of the molecule is CC/C=C/C=C/O[Si](C)(C)C. The highest BCUT2D eigenvalue weighted by Crippen LogP contribution is 2.02. The lowest BCUT2D eigenvalue weighted by Crippen LogP contribution is -2.21. The first kappa shape index (κ1) is 10.5. The number of hydrogen-bond acceptors (Lipinski definition) is 1. The molecular weight excluding hydrogens is 152 g/mol. The Hall–Kier alpha value is -0.503. The van der Waals surface area contributed by atoms with Crippen molar-refractivity contribution in [2.75, 3.05) is 0 Å². The molecule has 0 aliphatic carbocycles. The van der Waals surface area contributed by atoms with Crippen LogP contribution >= 0.6 is 0 Å². The van der Waals surface area contributed by atoms with Gasteiger partial charge in [0.1, 0.15) is 0 Å². The molecule has 0 rings (SSSR count). The zero-order valence-corrected chi connectivity index (χ0v) is 8.92. The second kappa shape index (κ2) is 5.19. The molecule has 0 aromatic carbocycles. The van der Waals surface area contributed by atoms with Crippen molar-refractivity contribution in [3.05, 3.63) is 24.5 Å². The summed E-state index contributed by atoms with van der Waals surface area (Å²) in [5.41, 5.74) is 0. The van der Waals surface area contributed by atoms with Crippen molar-refractivity contribution in [1.82, 2.24) is 0 Å². The normalized spacial score (nSPS) is 13.1. The Balaban J connectivity index is 3.53. The molecule has 2 heteroatoms. The average molecular weight is 170 g/mol. The van der Waals surface area contributed by atoms with Gasteiger partial charge in [-0.05, 0) is 32.1 Å². The van der Waals surface area contributed by atoms with Crippen LogP contribution in [0, 0.1) is 0 Å². The maximum absolute atomic E-state index is 5.48. The summed E-state index contributed by atoms with van der Waals surface area (Å²) >= 11 is 0. The highest BCUT2D eigenvalue weighted by Gasteiger charge is 2.12. The Morgan fingerprint density at radius 3 is 2.27 bits per heavy atom. The molecule has 0 saturated carbocycles. The molecule has 0 spiro atoms. The lowest BCUT2D eigenvalue weighted by molar-refractivity contribution is 0.479. The van der Waals surface area contributed by atoms with Gasteiger partial charge in [0.15, 0.2) is 0 Å². The maximum atomic E-state index is 5.48. The number of allylic oxidation sites excluding steroid dienone is 3. The molecule has 1 nitrogen and oxygen atoms in total. The van der Waals surface area contributed by atoms with Crippen molar-refractivity contribution in [3.63, 3.8) is 0 Å². The molecule has 0 bridgehead atoms. The van der Waals surface area contributed by atoms with E-state index in [1.165, 1.54) is 0 Å². The van der Waals surface area contributed by atoms with Gasteiger partial charge in [-0.3, -0.25) is 0 Å². The van der Waals surface area contributed by atoms with Crippen LogP contribution in [0.15, 0.2) is 24.5 Å². The second-order valence-corrected chi connectivity index (χ2v) is 7.86. The predicted octanol–water partition coefficient (Wildman–Crippen LogP) is 3.32. The standard InChI is InChI=1S/C9H18OSi/c1-5-6-7-8-9-10-11(2,3)4/h6-9H,5H2,1-4H3/b7-6+,9-8+. The van der Waals surface area contributed by atoms with E-state index >= 15 is 0 Å². The van der Waals surface area contributed by atoms with Gasteiger partial charge in [0.2, 0.25) is 8.32 Å². The highest BCUT2D eigenvalue weighted by atomic mass is 28.4. The minimum atomic E-state index is -1.34. The molecule has 11 heavy (non-hydrogen) atoms. The van der Waals surface area contributed by atoms with Crippen molar-refractivity contribution < 1.29 is 4.43 Å². The summed E-state index contributed by atoms with van der Waals surface area (Å²) in [4.78, 5) is 0. The Kier molecular flexibility index (Phi) is 4.95. The molecule has 0 aliphatic heterocycles. The molecule has 0 unspecified atom stereocenters. The smallest absolute Gasteiger partial charge is 0.241 e. The van der Waals surface area contributed by atoms with Gasteiger partial charge < -0.3 is 4.43 Å². The molecule has 0 N–H and O–H groups in total. The minimum absolute atomic E-state index is 1.08. The van der Waals surface area contributed by atoms with Crippen LogP contribution < -0.4 is 0 Å². The zero-order chi connectivity index (χ0) is 8.74. The molecule has 0 aromatic rings. The molecule has 0 atom stereocenters. The van der Waals surface area contributed by atoms with E-state index in [0.29, 0.717) is 0 Å². The van der Waals surface area contributed by atoms with Gasteiger partial charge in [0.25, 0.3) is 0 Å². The third-order valence-electron chi connectivity index (χ3n) is 0.983. The monoisotopic (exact) mass is 170 g/mol. The van der Waals surface area contributed by atoms with Crippen LogP contribution in [0.25, 0.3) is 0 Å². The largest absolute Gasteiger partial charge is 0.550 e. The third-order valence-corrected chi connectivity index (χ3v) is 1.83. The lowest BCUT2D eigenvalue weighted by Gasteiger charge is -2.14. The summed E-state index contributed by atoms with van der Waals surface area (Å²) in [7, 11) is -1.34. The van der Waals surface area contributed by atoms with E-state index in [4.69, 9.17) is 4.43 Å². The van der Waals surface area contributed by atoms with Crippen molar-refractivity contribution in [1.29, 1.82) is 0 Å². The van der Waals surface area contributed by atoms with Gasteiger partial charge in [-0.25, -0.2) is 0 Å². The Morgan fingerprint density at radius 1 is 1.18 bits per heavy atom. The maximum Gasteiger partial charge on any atom is 0.241 e. The predicted molar refractivity (Wildman–Crippen MR) is 53.0 cm³/mol. The van der Waals surface area contributed by atoms with Crippen LogP contribution in [-0.4, -0.2) is 8.32 Å². The molecule has 0 fully saturated rings. The summed E-state index contributed by atoms with van der Waals surface area (Å²) in [5.74, 6) is 0. The first-order valence-corrected chi connectivity index (χ1v) is 7.46. The summed E-state index contributed by atoms with van der Waals surface area (Å²) in [6.45, 7) is 8.62.